The first-order valence-electron chi connectivity index (χ1n) is 11.3. The van der Waals surface area contributed by atoms with Crippen LogP contribution in [0.2, 0.25) is 0 Å². The minimum absolute atomic E-state index is 0.0762. The van der Waals surface area contributed by atoms with Crippen LogP contribution in [0.25, 0.3) is 11.1 Å². The summed E-state index contributed by atoms with van der Waals surface area (Å²) in [5.41, 5.74) is 3.47. The predicted molar refractivity (Wildman–Crippen MR) is 127 cm³/mol. The Hall–Kier alpha value is -4.20. The summed E-state index contributed by atoms with van der Waals surface area (Å²) in [6.45, 7) is 0.0876. The monoisotopic (exact) mass is 474 g/mol. The molecular formula is C27H23FN2O5. The Bertz CT molecular complexity index is 1290. The average Bonchev–Trinajstić information content (AvgIpc) is 3.50. The maximum absolute atomic E-state index is 13.9. The highest BCUT2D eigenvalue weighted by Gasteiger charge is 2.46. The Morgan fingerprint density at radius 2 is 1.60 bits per heavy atom. The second-order valence-electron chi connectivity index (χ2n) is 8.95. The van der Waals surface area contributed by atoms with Crippen LogP contribution in [-0.2, 0) is 9.53 Å². The van der Waals surface area contributed by atoms with Gasteiger partial charge in [0, 0.05) is 5.92 Å². The van der Waals surface area contributed by atoms with Gasteiger partial charge in [0.25, 0.3) is 5.91 Å². The highest BCUT2D eigenvalue weighted by Crippen LogP contribution is 2.44. The number of halogens is 1. The molecule has 0 aromatic heterocycles. The lowest BCUT2D eigenvalue weighted by molar-refractivity contribution is -0.137. The van der Waals surface area contributed by atoms with Crippen molar-refractivity contribution >= 4 is 23.7 Å². The van der Waals surface area contributed by atoms with E-state index in [1.54, 1.807) is 0 Å². The first-order chi connectivity index (χ1) is 16.8. The number of hydrogen-bond acceptors (Lipinski definition) is 4. The Balaban J connectivity index is 1.29. The number of rotatable bonds is 7. The highest BCUT2D eigenvalue weighted by molar-refractivity contribution is 6.03. The molecule has 5 rings (SSSR count). The molecule has 0 atom stereocenters. The van der Waals surface area contributed by atoms with Gasteiger partial charge in [0.05, 0.1) is 23.2 Å². The topological polar surface area (TPSA) is 105 Å². The van der Waals surface area contributed by atoms with Gasteiger partial charge < -0.3 is 15.2 Å². The number of carboxylic acids is 1. The largest absolute Gasteiger partial charge is 0.481 e. The van der Waals surface area contributed by atoms with Crippen molar-refractivity contribution in [2.45, 2.75) is 30.7 Å². The number of amides is 2. The zero-order valence-electron chi connectivity index (χ0n) is 18.7. The van der Waals surface area contributed by atoms with Gasteiger partial charge in [-0.2, -0.15) is 0 Å². The van der Waals surface area contributed by atoms with Gasteiger partial charge in [0.2, 0.25) is 0 Å². The summed E-state index contributed by atoms with van der Waals surface area (Å²) in [6.07, 6.45) is 0.0490. The number of benzene rings is 3. The lowest BCUT2D eigenvalue weighted by Gasteiger charge is -2.18. The molecule has 0 bridgehead atoms. The minimum Gasteiger partial charge on any atom is -0.481 e. The predicted octanol–water partition coefficient (Wildman–Crippen LogP) is 4.92. The summed E-state index contributed by atoms with van der Waals surface area (Å²) in [7, 11) is 0. The molecule has 3 aromatic carbocycles. The van der Waals surface area contributed by atoms with Crippen molar-refractivity contribution < 1.29 is 28.6 Å². The number of carbonyl (C=O) groups is 3. The Morgan fingerprint density at radius 3 is 2.20 bits per heavy atom. The summed E-state index contributed by atoms with van der Waals surface area (Å²) < 4.78 is 19.4. The molecule has 2 aliphatic rings. The summed E-state index contributed by atoms with van der Waals surface area (Å²) in [4.78, 5) is 36.6. The number of aliphatic carboxylic acids is 1. The summed E-state index contributed by atoms with van der Waals surface area (Å²) in [5.74, 6) is -2.47. The van der Waals surface area contributed by atoms with Crippen LogP contribution in [0.3, 0.4) is 0 Å². The van der Waals surface area contributed by atoms with Gasteiger partial charge in [-0.1, -0.05) is 48.5 Å². The van der Waals surface area contributed by atoms with Crippen LogP contribution in [-0.4, -0.2) is 35.2 Å². The van der Waals surface area contributed by atoms with E-state index in [9.17, 15) is 18.8 Å². The quantitative estimate of drug-likeness (QED) is 0.451. The van der Waals surface area contributed by atoms with Gasteiger partial charge >= 0.3 is 12.1 Å². The van der Waals surface area contributed by atoms with Crippen LogP contribution in [0.4, 0.5) is 14.9 Å². The molecule has 35 heavy (non-hydrogen) atoms. The van der Waals surface area contributed by atoms with Gasteiger partial charge in [-0.15, -0.1) is 0 Å². The number of hydrogen-bond donors (Lipinski definition) is 3. The molecule has 0 saturated heterocycles. The SMILES string of the molecule is O=C(O)CC1(NC(=O)c2cc(F)ccc2NC(=O)OCC2c3ccccc3-c3ccccc32)CC1. The van der Waals surface area contributed by atoms with E-state index in [1.165, 1.54) is 6.07 Å². The third kappa shape index (κ3) is 4.59. The lowest BCUT2D eigenvalue weighted by Crippen LogP contribution is -2.39. The standard InChI is InChI=1S/C27H23FN2O5/c28-16-9-10-23(21(13-16)25(33)30-27(11-12-27)14-24(31)32)29-26(34)35-15-22-19-7-3-1-5-17(19)18-6-2-4-8-20(18)22/h1-10,13,22H,11-12,14-15H2,(H,29,34)(H,30,33)(H,31,32). The van der Waals surface area contributed by atoms with Gasteiger partial charge in [0.1, 0.15) is 12.4 Å². The molecule has 2 aliphatic carbocycles. The molecule has 8 heteroatoms. The fourth-order valence-corrected chi connectivity index (χ4v) is 4.65. The third-order valence-electron chi connectivity index (χ3n) is 6.53. The molecule has 3 N–H and O–H groups in total. The zero-order chi connectivity index (χ0) is 24.6. The van der Waals surface area contributed by atoms with Gasteiger partial charge in [-0.3, -0.25) is 14.9 Å². The number of nitrogens with one attached hydrogen (secondary N) is 2. The molecule has 0 spiro atoms. The van der Waals surface area contributed by atoms with Crippen molar-refractivity contribution in [1.29, 1.82) is 0 Å². The molecule has 1 saturated carbocycles. The smallest absolute Gasteiger partial charge is 0.411 e. The minimum atomic E-state index is -1.03. The molecular weight excluding hydrogens is 451 g/mol. The zero-order valence-corrected chi connectivity index (χ0v) is 18.7. The number of fused-ring (bicyclic) bond motifs is 3. The second-order valence-corrected chi connectivity index (χ2v) is 8.95. The summed E-state index contributed by atoms with van der Waals surface area (Å²) >= 11 is 0. The van der Waals surface area contributed by atoms with E-state index in [-0.39, 0.29) is 30.2 Å². The Morgan fingerprint density at radius 1 is 0.971 bits per heavy atom. The molecule has 0 unspecified atom stereocenters. The van der Waals surface area contributed by atoms with Crippen molar-refractivity contribution in [3.8, 4) is 11.1 Å². The van der Waals surface area contributed by atoms with Gasteiger partial charge in [-0.25, -0.2) is 9.18 Å². The fourth-order valence-electron chi connectivity index (χ4n) is 4.65. The van der Waals surface area contributed by atoms with Crippen LogP contribution in [0.15, 0.2) is 66.7 Å². The van der Waals surface area contributed by atoms with Crippen LogP contribution >= 0.6 is 0 Å². The maximum Gasteiger partial charge on any atom is 0.411 e. The van der Waals surface area contributed by atoms with Crippen LogP contribution in [0.1, 0.15) is 46.7 Å². The van der Waals surface area contributed by atoms with Crippen LogP contribution in [0, 0.1) is 5.82 Å². The van der Waals surface area contributed by atoms with E-state index < -0.39 is 29.3 Å². The molecule has 0 heterocycles. The molecule has 0 aliphatic heterocycles. The summed E-state index contributed by atoms with van der Waals surface area (Å²) in [6, 6.07) is 19.3. The van der Waals surface area contributed by atoms with Crippen LogP contribution < -0.4 is 10.6 Å². The van der Waals surface area contributed by atoms with Crippen molar-refractivity contribution in [2.24, 2.45) is 0 Å². The van der Waals surface area contributed by atoms with Crippen molar-refractivity contribution in [2.75, 3.05) is 11.9 Å². The van der Waals surface area contributed by atoms with E-state index in [2.05, 4.69) is 10.6 Å². The number of carboxylic acid groups (broad SMARTS) is 1. The third-order valence-corrected chi connectivity index (χ3v) is 6.53. The number of ether oxygens (including phenoxy) is 1. The second kappa shape index (κ2) is 8.87. The fraction of sp³-hybridized carbons (Fsp3) is 0.222. The normalized spacial score (nSPS) is 15.0. The van der Waals surface area contributed by atoms with E-state index in [0.29, 0.717) is 12.8 Å². The lowest BCUT2D eigenvalue weighted by atomic mass is 9.98. The first-order valence-corrected chi connectivity index (χ1v) is 11.3. The summed E-state index contributed by atoms with van der Waals surface area (Å²) in [5, 5.41) is 14.3. The van der Waals surface area contributed by atoms with Gasteiger partial charge in [0.15, 0.2) is 0 Å². The van der Waals surface area contributed by atoms with Crippen molar-refractivity contribution in [3.63, 3.8) is 0 Å². The number of carbonyl (C=O) groups excluding carboxylic acids is 2. The Labute approximate surface area is 200 Å². The van der Waals surface area contributed by atoms with E-state index >= 15 is 0 Å². The maximum atomic E-state index is 13.9. The molecule has 1 fully saturated rings. The van der Waals surface area contributed by atoms with E-state index in [4.69, 9.17) is 9.84 Å². The molecule has 7 nitrogen and oxygen atoms in total. The molecule has 3 aromatic rings. The molecule has 2 amide bonds. The molecule has 178 valence electrons. The van der Waals surface area contributed by atoms with E-state index in [1.807, 2.05) is 48.5 Å². The van der Waals surface area contributed by atoms with E-state index in [0.717, 1.165) is 34.4 Å². The Kier molecular flexibility index (Phi) is 5.72. The van der Waals surface area contributed by atoms with Gasteiger partial charge in [-0.05, 0) is 53.3 Å². The number of anilines is 1. The average molecular weight is 474 g/mol. The highest BCUT2D eigenvalue weighted by atomic mass is 19.1. The van der Waals surface area contributed by atoms with Crippen molar-refractivity contribution in [3.05, 3.63) is 89.2 Å². The van der Waals surface area contributed by atoms with Crippen LogP contribution in [0.5, 0.6) is 0 Å². The molecule has 0 radical (unpaired) electrons. The first kappa shape index (κ1) is 22.6. The van der Waals surface area contributed by atoms with Crippen molar-refractivity contribution in [1.82, 2.24) is 5.32 Å².